The van der Waals surface area contributed by atoms with Crippen LogP contribution in [0, 0.1) is 0 Å². The van der Waals surface area contributed by atoms with Gasteiger partial charge in [-0.1, -0.05) is 61.5 Å². The highest BCUT2D eigenvalue weighted by Crippen LogP contribution is 2.29. The standard InChI is InChI=1S/C31H33N5O3S/c1-2-3-20-39-26-17-15-24(16-18-26)30(38)32-21-28-33-34-31(36(28)25-12-5-4-6-13-25)40-22-29(37)35-19-9-11-23-10-7-8-14-27(23)35/h4-8,10,12-18H,2-3,9,11,19-22H2,1H3,(H,32,38). The Balaban J connectivity index is 1.27. The van der Waals surface area contributed by atoms with Crippen LogP contribution in [0.15, 0.2) is 84.0 Å². The van der Waals surface area contributed by atoms with Crippen LogP contribution in [0.1, 0.15) is 47.9 Å². The lowest BCUT2D eigenvalue weighted by atomic mass is 10.0. The van der Waals surface area contributed by atoms with Crippen LogP contribution in [0.25, 0.3) is 5.69 Å². The number of carbonyl (C=O) groups excluding carboxylic acids is 2. The van der Waals surface area contributed by atoms with Crippen molar-refractivity contribution in [3.05, 3.63) is 95.8 Å². The number of thioether (sulfide) groups is 1. The first-order chi connectivity index (χ1) is 19.6. The van der Waals surface area contributed by atoms with Crippen molar-refractivity contribution in [2.75, 3.05) is 23.8 Å². The lowest BCUT2D eigenvalue weighted by Gasteiger charge is -2.29. The predicted molar refractivity (Wildman–Crippen MR) is 157 cm³/mol. The lowest BCUT2D eigenvalue weighted by Crippen LogP contribution is -2.36. The number of rotatable bonds is 11. The van der Waals surface area contributed by atoms with E-state index in [-0.39, 0.29) is 24.1 Å². The van der Waals surface area contributed by atoms with Gasteiger partial charge >= 0.3 is 0 Å². The maximum absolute atomic E-state index is 13.2. The molecule has 1 N–H and O–H groups in total. The zero-order valence-corrected chi connectivity index (χ0v) is 23.4. The molecule has 0 aliphatic carbocycles. The number of nitrogens with zero attached hydrogens (tertiary/aromatic N) is 4. The summed E-state index contributed by atoms with van der Waals surface area (Å²) >= 11 is 1.35. The molecule has 2 heterocycles. The molecule has 0 radical (unpaired) electrons. The summed E-state index contributed by atoms with van der Waals surface area (Å²) in [4.78, 5) is 28.0. The van der Waals surface area contributed by atoms with Crippen LogP contribution in [0.3, 0.4) is 0 Å². The van der Waals surface area contributed by atoms with Crippen molar-refractivity contribution in [2.45, 2.75) is 44.3 Å². The van der Waals surface area contributed by atoms with E-state index in [0.717, 1.165) is 42.8 Å². The van der Waals surface area contributed by atoms with E-state index in [2.05, 4.69) is 28.5 Å². The molecule has 1 aliphatic heterocycles. The van der Waals surface area contributed by atoms with E-state index in [4.69, 9.17) is 4.74 Å². The molecule has 1 aromatic heterocycles. The van der Waals surface area contributed by atoms with Gasteiger partial charge in [0.2, 0.25) is 5.91 Å². The average Bonchev–Trinajstić information content (AvgIpc) is 3.42. The smallest absolute Gasteiger partial charge is 0.251 e. The van der Waals surface area contributed by atoms with Gasteiger partial charge in [0.25, 0.3) is 5.91 Å². The van der Waals surface area contributed by atoms with E-state index >= 15 is 0 Å². The quantitative estimate of drug-likeness (QED) is 0.196. The molecule has 40 heavy (non-hydrogen) atoms. The molecule has 0 fully saturated rings. The van der Waals surface area contributed by atoms with Gasteiger partial charge in [-0.05, 0) is 67.3 Å². The number of aryl methyl sites for hydroxylation is 1. The summed E-state index contributed by atoms with van der Waals surface area (Å²) in [6.07, 6.45) is 4.00. The lowest BCUT2D eigenvalue weighted by molar-refractivity contribution is -0.116. The van der Waals surface area contributed by atoms with E-state index in [0.29, 0.717) is 29.7 Å². The second-order valence-electron chi connectivity index (χ2n) is 9.55. The van der Waals surface area contributed by atoms with Crippen LogP contribution in [0.4, 0.5) is 5.69 Å². The minimum absolute atomic E-state index is 0.0386. The van der Waals surface area contributed by atoms with Crippen molar-refractivity contribution < 1.29 is 14.3 Å². The van der Waals surface area contributed by atoms with Gasteiger partial charge in [-0.25, -0.2) is 0 Å². The van der Waals surface area contributed by atoms with Gasteiger partial charge < -0.3 is 15.0 Å². The molecule has 206 valence electrons. The molecule has 0 saturated carbocycles. The minimum atomic E-state index is -0.212. The van der Waals surface area contributed by atoms with Gasteiger partial charge in [-0.2, -0.15) is 0 Å². The number of fused-ring (bicyclic) bond motifs is 1. The van der Waals surface area contributed by atoms with Crippen molar-refractivity contribution in [2.24, 2.45) is 0 Å². The number of carbonyl (C=O) groups is 2. The van der Waals surface area contributed by atoms with E-state index in [1.807, 2.05) is 70.1 Å². The third-order valence-corrected chi connectivity index (χ3v) is 7.65. The second kappa shape index (κ2) is 13.3. The molecular weight excluding hydrogens is 522 g/mol. The van der Waals surface area contributed by atoms with Gasteiger partial charge in [0, 0.05) is 23.5 Å². The number of para-hydroxylation sites is 2. The highest BCUT2D eigenvalue weighted by molar-refractivity contribution is 7.99. The summed E-state index contributed by atoms with van der Waals surface area (Å²) in [5, 5.41) is 12.3. The van der Waals surface area contributed by atoms with E-state index in [9.17, 15) is 9.59 Å². The van der Waals surface area contributed by atoms with Crippen molar-refractivity contribution in [3.8, 4) is 11.4 Å². The van der Waals surface area contributed by atoms with Crippen LogP contribution in [-0.4, -0.2) is 45.5 Å². The Morgan fingerprint density at radius 3 is 2.55 bits per heavy atom. The van der Waals surface area contributed by atoms with Crippen molar-refractivity contribution in [1.29, 1.82) is 0 Å². The summed E-state index contributed by atoms with van der Waals surface area (Å²) in [5.41, 5.74) is 3.60. The van der Waals surface area contributed by atoms with Crippen LogP contribution >= 0.6 is 11.8 Å². The number of aromatic nitrogens is 3. The highest BCUT2D eigenvalue weighted by atomic mass is 32.2. The van der Waals surface area contributed by atoms with Crippen LogP contribution in [0.2, 0.25) is 0 Å². The number of benzene rings is 3. The minimum Gasteiger partial charge on any atom is -0.494 e. The summed E-state index contributed by atoms with van der Waals surface area (Å²) < 4.78 is 7.59. The molecule has 0 saturated heterocycles. The number of anilines is 1. The molecule has 3 aromatic carbocycles. The molecule has 4 aromatic rings. The zero-order chi connectivity index (χ0) is 27.7. The fraction of sp³-hybridized carbons (Fsp3) is 0.290. The molecule has 1 aliphatic rings. The number of nitrogens with one attached hydrogen (secondary N) is 1. The third kappa shape index (κ3) is 6.54. The zero-order valence-electron chi connectivity index (χ0n) is 22.6. The predicted octanol–water partition coefficient (Wildman–Crippen LogP) is 5.45. The van der Waals surface area contributed by atoms with E-state index in [1.54, 1.807) is 12.1 Å². The number of ether oxygens (including phenoxy) is 1. The Bertz CT molecular complexity index is 1440. The highest BCUT2D eigenvalue weighted by Gasteiger charge is 2.23. The number of hydrogen-bond acceptors (Lipinski definition) is 6. The Hall–Kier alpha value is -4.11. The molecule has 0 unspecified atom stereocenters. The molecular formula is C31H33N5O3S. The van der Waals surface area contributed by atoms with Crippen LogP contribution < -0.4 is 15.0 Å². The Morgan fingerprint density at radius 1 is 0.975 bits per heavy atom. The van der Waals surface area contributed by atoms with Gasteiger partial charge in [0.1, 0.15) is 5.75 Å². The topological polar surface area (TPSA) is 89.3 Å². The van der Waals surface area contributed by atoms with Crippen molar-refractivity contribution in [1.82, 2.24) is 20.1 Å². The number of hydrogen-bond donors (Lipinski definition) is 1. The summed E-state index contributed by atoms with van der Waals surface area (Å²) in [5.74, 6) is 1.39. The van der Waals surface area contributed by atoms with Crippen molar-refractivity contribution in [3.63, 3.8) is 0 Å². The normalized spacial score (nSPS) is 12.6. The molecule has 5 rings (SSSR count). The third-order valence-electron chi connectivity index (χ3n) is 6.74. The molecule has 0 bridgehead atoms. The first-order valence-electron chi connectivity index (χ1n) is 13.7. The molecule has 0 spiro atoms. The maximum atomic E-state index is 13.2. The number of amides is 2. The Kier molecular flexibility index (Phi) is 9.13. The first kappa shape index (κ1) is 27.5. The molecule has 9 heteroatoms. The summed E-state index contributed by atoms with van der Waals surface area (Å²) in [6.45, 7) is 3.67. The summed E-state index contributed by atoms with van der Waals surface area (Å²) in [6, 6.07) is 24.9. The second-order valence-corrected chi connectivity index (χ2v) is 10.5. The van der Waals surface area contributed by atoms with Gasteiger partial charge in [0.05, 0.1) is 18.9 Å². The number of unbranched alkanes of at least 4 members (excludes halogenated alkanes) is 1. The SMILES string of the molecule is CCCCOc1ccc(C(=O)NCc2nnc(SCC(=O)N3CCCc4ccccc43)n2-c2ccccc2)cc1. The Morgan fingerprint density at radius 2 is 1.75 bits per heavy atom. The van der Waals surface area contributed by atoms with E-state index < -0.39 is 0 Å². The van der Waals surface area contributed by atoms with Gasteiger partial charge in [-0.3, -0.25) is 14.2 Å². The van der Waals surface area contributed by atoms with Crippen molar-refractivity contribution >= 4 is 29.3 Å². The van der Waals surface area contributed by atoms with Gasteiger partial charge in [0.15, 0.2) is 11.0 Å². The van der Waals surface area contributed by atoms with E-state index in [1.165, 1.54) is 17.3 Å². The monoisotopic (exact) mass is 555 g/mol. The van der Waals surface area contributed by atoms with Gasteiger partial charge in [-0.15, -0.1) is 10.2 Å². The molecule has 8 nitrogen and oxygen atoms in total. The molecule has 0 atom stereocenters. The Labute approximate surface area is 238 Å². The largest absolute Gasteiger partial charge is 0.494 e. The van der Waals surface area contributed by atoms with Crippen LogP contribution in [0.5, 0.6) is 5.75 Å². The van der Waals surface area contributed by atoms with Crippen LogP contribution in [-0.2, 0) is 17.8 Å². The molecule has 2 amide bonds. The maximum Gasteiger partial charge on any atom is 0.251 e. The summed E-state index contributed by atoms with van der Waals surface area (Å²) in [7, 11) is 0. The fourth-order valence-electron chi connectivity index (χ4n) is 4.64. The average molecular weight is 556 g/mol. The first-order valence-corrected chi connectivity index (χ1v) is 14.6. The fourth-order valence-corrected chi connectivity index (χ4v) is 5.49.